The Kier molecular flexibility index (Phi) is 4.64. The highest BCUT2D eigenvalue weighted by molar-refractivity contribution is 7.18. The summed E-state index contributed by atoms with van der Waals surface area (Å²) < 4.78 is 7.30. The van der Waals surface area contributed by atoms with E-state index in [0.717, 1.165) is 50.3 Å². The minimum absolute atomic E-state index is 0.0228. The first-order valence-electron chi connectivity index (χ1n) is 9.90. The molecule has 0 spiro atoms. The van der Waals surface area contributed by atoms with Crippen LogP contribution in [0.15, 0.2) is 54.7 Å². The molecule has 1 aliphatic heterocycles. The van der Waals surface area contributed by atoms with Crippen molar-refractivity contribution in [1.82, 2.24) is 14.9 Å². The summed E-state index contributed by atoms with van der Waals surface area (Å²) in [5.74, 6) is 0.834. The Bertz CT molecular complexity index is 1200. The van der Waals surface area contributed by atoms with Crippen LogP contribution in [-0.2, 0) is 6.42 Å². The molecule has 3 heterocycles. The van der Waals surface area contributed by atoms with Gasteiger partial charge in [0, 0.05) is 30.1 Å². The highest BCUT2D eigenvalue weighted by atomic mass is 32.1. The second-order valence-corrected chi connectivity index (χ2v) is 8.37. The maximum atomic E-state index is 13.0. The van der Waals surface area contributed by atoms with E-state index in [0.29, 0.717) is 13.1 Å². The van der Waals surface area contributed by atoms with Crippen LogP contribution >= 0.6 is 11.3 Å². The molecule has 2 aromatic heterocycles. The molecule has 0 bridgehead atoms. The van der Waals surface area contributed by atoms with E-state index < -0.39 is 0 Å². The van der Waals surface area contributed by atoms with E-state index >= 15 is 0 Å². The smallest absolute Gasteiger partial charge is 0.254 e. The predicted octanol–water partition coefficient (Wildman–Crippen LogP) is 4.70. The van der Waals surface area contributed by atoms with E-state index in [-0.39, 0.29) is 12.0 Å². The summed E-state index contributed by atoms with van der Waals surface area (Å²) in [5, 5.41) is 2.16. The first-order chi connectivity index (χ1) is 14.2. The lowest BCUT2D eigenvalue weighted by atomic mass is 10.2. The van der Waals surface area contributed by atoms with Crippen molar-refractivity contribution in [3.8, 4) is 5.75 Å². The van der Waals surface area contributed by atoms with Crippen molar-refractivity contribution in [2.75, 3.05) is 13.1 Å². The Balaban J connectivity index is 1.32. The van der Waals surface area contributed by atoms with E-state index in [1.807, 2.05) is 53.4 Å². The summed E-state index contributed by atoms with van der Waals surface area (Å²) in [6.07, 6.45) is 3.48. The summed E-state index contributed by atoms with van der Waals surface area (Å²) in [6.45, 7) is 3.38. The van der Waals surface area contributed by atoms with Gasteiger partial charge in [-0.25, -0.2) is 4.98 Å². The molecule has 1 aliphatic rings. The minimum Gasteiger partial charge on any atom is -0.486 e. The van der Waals surface area contributed by atoms with Crippen molar-refractivity contribution >= 4 is 38.4 Å². The molecule has 0 N–H and O–H groups in total. The normalized spacial score (nSPS) is 16.6. The van der Waals surface area contributed by atoms with Gasteiger partial charge in [0.1, 0.15) is 17.4 Å². The van der Waals surface area contributed by atoms with Gasteiger partial charge in [-0.05, 0) is 36.8 Å². The molecule has 5 nitrogen and oxygen atoms in total. The number of thiazole rings is 1. The van der Waals surface area contributed by atoms with Crippen molar-refractivity contribution in [2.24, 2.45) is 0 Å². The van der Waals surface area contributed by atoms with Crippen molar-refractivity contribution < 1.29 is 9.53 Å². The average molecular weight is 404 g/mol. The fourth-order valence-corrected chi connectivity index (χ4v) is 4.75. The first kappa shape index (κ1) is 18.1. The number of nitrogens with zero attached hydrogens (tertiary/aromatic N) is 3. The third-order valence-corrected chi connectivity index (χ3v) is 6.47. The van der Waals surface area contributed by atoms with Gasteiger partial charge < -0.3 is 9.64 Å². The van der Waals surface area contributed by atoms with Gasteiger partial charge in [-0.1, -0.05) is 25.1 Å². The quantitative estimate of drug-likeness (QED) is 0.496. The third-order valence-electron chi connectivity index (χ3n) is 5.30. The third kappa shape index (κ3) is 3.44. The number of carbonyl (C=O) groups is 1. The second-order valence-electron chi connectivity index (χ2n) is 7.25. The number of hydrogen-bond donors (Lipinski definition) is 0. The second kappa shape index (κ2) is 7.44. The Hall–Kier alpha value is -2.99. The number of aromatic nitrogens is 2. The maximum Gasteiger partial charge on any atom is 0.254 e. The zero-order valence-corrected chi connectivity index (χ0v) is 17.0. The monoisotopic (exact) mass is 403 g/mol. The average Bonchev–Trinajstić information content (AvgIpc) is 3.39. The van der Waals surface area contributed by atoms with Crippen molar-refractivity contribution in [2.45, 2.75) is 25.9 Å². The molecule has 1 fully saturated rings. The Morgan fingerprint density at radius 1 is 1.24 bits per heavy atom. The van der Waals surface area contributed by atoms with Crippen LogP contribution in [-0.4, -0.2) is 40.0 Å². The lowest BCUT2D eigenvalue weighted by molar-refractivity contribution is 0.0773. The van der Waals surface area contributed by atoms with Gasteiger partial charge in [-0.15, -0.1) is 11.3 Å². The van der Waals surface area contributed by atoms with Crippen LogP contribution in [0.4, 0.5) is 0 Å². The molecule has 0 radical (unpaired) electrons. The van der Waals surface area contributed by atoms with Crippen LogP contribution in [0.2, 0.25) is 0 Å². The molecule has 146 valence electrons. The molecule has 1 atom stereocenters. The minimum atomic E-state index is -0.0228. The van der Waals surface area contributed by atoms with Crippen LogP contribution in [0.3, 0.4) is 0 Å². The molecule has 1 saturated heterocycles. The number of hydrogen-bond acceptors (Lipinski definition) is 5. The van der Waals surface area contributed by atoms with E-state index in [1.54, 1.807) is 17.5 Å². The summed E-state index contributed by atoms with van der Waals surface area (Å²) in [7, 11) is 0. The molecular formula is C23H21N3O2S. The van der Waals surface area contributed by atoms with Crippen molar-refractivity contribution in [1.29, 1.82) is 0 Å². The topological polar surface area (TPSA) is 55.3 Å². The first-order valence-corrected chi connectivity index (χ1v) is 10.7. The molecular weight excluding hydrogens is 382 g/mol. The summed E-state index contributed by atoms with van der Waals surface area (Å²) in [5.41, 5.74) is 2.55. The van der Waals surface area contributed by atoms with Gasteiger partial charge in [-0.2, -0.15) is 0 Å². The van der Waals surface area contributed by atoms with Crippen LogP contribution in [0.1, 0.15) is 28.7 Å². The molecule has 0 aliphatic carbocycles. The highest BCUT2D eigenvalue weighted by Gasteiger charge is 2.29. The largest absolute Gasteiger partial charge is 0.486 e. The molecule has 5 rings (SSSR count). The Morgan fingerprint density at radius 3 is 3.03 bits per heavy atom. The van der Waals surface area contributed by atoms with Gasteiger partial charge in [0.2, 0.25) is 0 Å². The molecule has 1 unspecified atom stereocenters. The lowest BCUT2D eigenvalue weighted by Gasteiger charge is -2.18. The van der Waals surface area contributed by atoms with Crippen LogP contribution < -0.4 is 4.74 Å². The lowest BCUT2D eigenvalue weighted by Crippen LogP contribution is -2.30. The summed E-state index contributed by atoms with van der Waals surface area (Å²) >= 11 is 1.66. The molecule has 6 heteroatoms. The molecule has 2 aromatic carbocycles. The maximum absolute atomic E-state index is 13.0. The van der Waals surface area contributed by atoms with E-state index in [2.05, 4.69) is 16.9 Å². The number of rotatable bonds is 4. The number of amides is 1. The van der Waals surface area contributed by atoms with Gasteiger partial charge in [0.15, 0.2) is 0 Å². The molecule has 4 aromatic rings. The zero-order chi connectivity index (χ0) is 19.8. The number of carbonyl (C=O) groups excluding carboxylic acids is 1. The number of pyridine rings is 1. The number of likely N-dealkylation sites (tertiary alicyclic amines) is 1. The summed E-state index contributed by atoms with van der Waals surface area (Å²) in [4.78, 5) is 23.9. The van der Waals surface area contributed by atoms with Gasteiger partial charge in [0.25, 0.3) is 5.91 Å². The van der Waals surface area contributed by atoms with Gasteiger partial charge in [-0.3, -0.25) is 9.78 Å². The van der Waals surface area contributed by atoms with Gasteiger partial charge >= 0.3 is 0 Å². The molecule has 0 saturated carbocycles. The Labute approximate surface area is 173 Å². The van der Waals surface area contributed by atoms with Crippen LogP contribution in [0, 0.1) is 0 Å². The fourth-order valence-electron chi connectivity index (χ4n) is 3.80. The number of benzene rings is 2. The number of aryl methyl sites for hydroxylation is 1. The fraction of sp³-hybridized carbons (Fsp3) is 0.261. The van der Waals surface area contributed by atoms with Crippen molar-refractivity contribution in [3.05, 3.63) is 65.3 Å². The zero-order valence-electron chi connectivity index (χ0n) is 16.2. The number of para-hydroxylation sites is 1. The van der Waals surface area contributed by atoms with Crippen LogP contribution in [0.5, 0.6) is 5.75 Å². The number of ether oxygens (including phenoxy) is 1. The molecule has 29 heavy (non-hydrogen) atoms. The molecule has 1 amide bonds. The summed E-state index contributed by atoms with van der Waals surface area (Å²) in [6, 6.07) is 15.7. The highest BCUT2D eigenvalue weighted by Crippen LogP contribution is 2.28. The van der Waals surface area contributed by atoms with Crippen LogP contribution in [0.25, 0.3) is 21.1 Å². The van der Waals surface area contributed by atoms with E-state index in [9.17, 15) is 4.79 Å². The van der Waals surface area contributed by atoms with E-state index in [1.165, 1.54) is 0 Å². The standard InChI is InChI=1S/C23H21N3O2S/c1-2-21-25-18-9-8-16(13-20(18)29-21)23(27)26-12-10-17(14-26)28-19-7-3-5-15-6-4-11-24-22(15)19/h3-9,11,13,17H,2,10,12,14H2,1H3. The van der Waals surface area contributed by atoms with Crippen molar-refractivity contribution in [3.63, 3.8) is 0 Å². The Morgan fingerprint density at radius 2 is 2.14 bits per heavy atom. The predicted molar refractivity (Wildman–Crippen MR) is 116 cm³/mol. The number of fused-ring (bicyclic) bond motifs is 2. The van der Waals surface area contributed by atoms with Gasteiger partial charge in [0.05, 0.1) is 21.8 Å². The SMILES string of the molecule is CCc1nc2ccc(C(=O)N3CCC(Oc4cccc5cccnc45)C3)cc2s1. The van der Waals surface area contributed by atoms with E-state index in [4.69, 9.17) is 4.74 Å².